The van der Waals surface area contributed by atoms with E-state index in [1.165, 1.54) is 19.3 Å². The average molecular weight is 196 g/mol. The van der Waals surface area contributed by atoms with Gasteiger partial charge < -0.3 is 5.11 Å². The molecular weight excluding hydrogens is 176 g/mol. The molecule has 0 heterocycles. The molecule has 1 unspecified atom stereocenters. The summed E-state index contributed by atoms with van der Waals surface area (Å²) in [4.78, 5) is 11.3. The van der Waals surface area contributed by atoms with E-state index in [0.29, 0.717) is 18.8 Å². The van der Waals surface area contributed by atoms with Crippen LogP contribution in [0.2, 0.25) is 0 Å². The Morgan fingerprint density at radius 2 is 2.07 bits per heavy atom. The Bertz CT molecular complexity index is 192. The monoisotopic (exact) mass is 196 g/mol. The van der Waals surface area contributed by atoms with Crippen molar-refractivity contribution in [3.05, 3.63) is 12.7 Å². The number of aliphatic hydroxyl groups excluding tert-OH is 1. The Hall–Kier alpha value is -0.630. The van der Waals surface area contributed by atoms with E-state index in [-0.39, 0.29) is 5.78 Å². The highest BCUT2D eigenvalue weighted by atomic mass is 16.3. The van der Waals surface area contributed by atoms with Crippen LogP contribution < -0.4 is 0 Å². The van der Waals surface area contributed by atoms with Crippen molar-refractivity contribution in [2.45, 2.75) is 51.0 Å². The predicted octanol–water partition coefficient (Wildman–Crippen LogP) is 2.46. The number of allylic oxidation sites excluding steroid dienone is 1. The van der Waals surface area contributed by atoms with Crippen LogP contribution in [-0.4, -0.2) is 17.0 Å². The number of carbonyl (C=O) groups is 1. The van der Waals surface area contributed by atoms with E-state index < -0.39 is 6.10 Å². The van der Waals surface area contributed by atoms with Gasteiger partial charge in [0.15, 0.2) is 0 Å². The third kappa shape index (κ3) is 3.62. The first-order chi connectivity index (χ1) is 6.74. The summed E-state index contributed by atoms with van der Waals surface area (Å²) in [6, 6.07) is 0. The van der Waals surface area contributed by atoms with Crippen LogP contribution in [0, 0.1) is 5.92 Å². The van der Waals surface area contributed by atoms with Gasteiger partial charge in [-0.05, 0) is 18.8 Å². The molecule has 1 saturated carbocycles. The Morgan fingerprint density at radius 3 is 2.64 bits per heavy atom. The Kier molecular flexibility index (Phi) is 4.88. The number of carbonyl (C=O) groups excluding carboxylic acids is 1. The second-order valence-corrected chi connectivity index (χ2v) is 4.20. The van der Waals surface area contributed by atoms with E-state index >= 15 is 0 Å². The standard InChI is InChI=1S/C12H20O2/c1-2-6-11(13)9-12(14)10-7-4-3-5-8-10/h2,10,12,14H,1,3-9H2. The molecule has 0 amide bonds. The smallest absolute Gasteiger partial charge is 0.139 e. The van der Waals surface area contributed by atoms with E-state index in [4.69, 9.17) is 0 Å². The molecule has 1 fully saturated rings. The van der Waals surface area contributed by atoms with Crippen LogP contribution in [0.5, 0.6) is 0 Å². The summed E-state index contributed by atoms with van der Waals surface area (Å²) in [5.41, 5.74) is 0. The van der Waals surface area contributed by atoms with Gasteiger partial charge in [-0.15, -0.1) is 6.58 Å². The molecule has 80 valence electrons. The zero-order valence-electron chi connectivity index (χ0n) is 8.74. The van der Waals surface area contributed by atoms with Crippen molar-refractivity contribution in [2.24, 2.45) is 5.92 Å². The van der Waals surface area contributed by atoms with Gasteiger partial charge in [-0.1, -0.05) is 25.3 Å². The van der Waals surface area contributed by atoms with Gasteiger partial charge in [-0.25, -0.2) is 0 Å². The molecule has 2 heteroatoms. The van der Waals surface area contributed by atoms with E-state index in [9.17, 15) is 9.90 Å². The lowest BCUT2D eigenvalue weighted by Crippen LogP contribution is -2.25. The summed E-state index contributed by atoms with van der Waals surface area (Å²) in [7, 11) is 0. The molecule has 1 atom stereocenters. The summed E-state index contributed by atoms with van der Waals surface area (Å²) >= 11 is 0. The molecule has 0 spiro atoms. The molecule has 14 heavy (non-hydrogen) atoms. The van der Waals surface area contributed by atoms with E-state index in [1.54, 1.807) is 6.08 Å². The molecule has 0 saturated heterocycles. The number of hydrogen-bond acceptors (Lipinski definition) is 2. The average Bonchev–Trinajstić information content (AvgIpc) is 2.19. The van der Waals surface area contributed by atoms with E-state index in [1.807, 2.05) is 0 Å². The third-order valence-electron chi connectivity index (χ3n) is 3.00. The lowest BCUT2D eigenvalue weighted by Gasteiger charge is -2.25. The first kappa shape index (κ1) is 11.4. The normalized spacial score (nSPS) is 20.4. The van der Waals surface area contributed by atoms with Crippen LogP contribution >= 0.6 is 0 Å². The molecule has 2 nitrogen and oxygen atoms in total. The Labute approximate surface area is 86.0 Å². The summed E-state index contributed by atoms with van der Waals surface area (Å²) in [5.74, 6) is 0.468. The highest BCUT2D eigenvalue weighted by Gasteiger charge is 2.23. The fraction of sp³-hybridized carbons (Fsp3) is 0.750. The van der Waals surface area contributed by atoms with Crippen molar-refractivity contribution < 1.29 is 9.90 Å². The van der Waals surface area contributed by atoms with Crippen molar-refractivity contribution in [1.29, 1.82) is 0 Å². The molecule has 1 aliphatic carbocycles. The minimum absolute atomic E-state index is 0.109. The van der Waals surface area contributed by atoms with Crippen molar-refractivity contribution >= 4 is 5.78 Å². The van der Waals surface area contributed by atoms with Gasteiger partial charge in [0.2, 0.25) is 0 Å². The Morgan fingerprint density at radius 1 is 1.43 bits per heavy atom. The van der Waals surface area contributed by atoms with Crippen molar-refractivity contribution in [1.82, 2.24) is 0 Å². The zero-order chi connectivity index (χ0) is 10.4. The van der Waals surface area contributed by atoms with Crippen LogP contribution in [0.25, 0.3) is 0 Å². The van der Waals surface area contributed by atoms with Crippen LogP contribution in [0.1, 0.15) is 44.9 Å². The maximum atomic E-state index is 11.3. The highest BCUT2D eigenvalue weighted by molar-refractivity contribution is 5.80. The number of Topliss-reactive ketones (excluding diaryl/α,β-unsaturated/α-hetero) is 1. The van der Waals surface area contributed by atoms with Crippen LogP contribution in [0.15, 0.2) is 12.7 Å². The maximum Gasteiger partial charge on any atom is 0.139 e. The predicted molar refractivity (Wildman–Crippen MR) is 57.0 cm³/mol. The lowest BCUT2D eigenvalue weighted by molar-refractivity contribution is -0.121. The number of hydrogen-bond donors (Lipinski definition) is 1. The molecule has 0 aromatic carbocycles. The molecular formula is C12H20O2. The third-order valence-corrected chi connectivity index (χ3v) is 3.00. The quantitative estimate of drug-likeness (QED) is 0.686. The van der Waals surface area contributed by atoms with Gasteiger partial charge >= 0.3 is 0 Å². The number of ketones is 1. The molecule has 1 rings (SSSR count). The largest absolute Gasteiger partial charge is 0.392 e. The van der Waals surface area contributed by atoms with Gasteiger partial charge in [0, 0.05) is 12.8 Å². The summed E-state index contributed by atoms with van der Waals surface area (Å²) < 4.78 is 0. The van der Waals surface area contributed by atoms with Gasteiger partial charge in [0.1, 0.15) is 5.78 Å². The molecule has 1 N–H and O–H groups in total. The Balaban J connectivity index is 2.28. The number of rotatable bonds is 5. The lowest BCUT2D eigenvalue weighted by atomic mass is 9.83. The summed E-state index contributed by atoms with van der Waals surface area (Å²) in [6.07, 6.45) is 7.77. The molecule has 0 aromatic rings. The maximum absolute atomic E-state index is 11.3. The topological polar surface area (TPSA) is 37.3 Å². The summed E-state index contributed by atoms with van der Waals surface area (Å²) in [6.45, 7) is 3.52. The highest BCUT2D eigenvalue weighted by Crippen LogP contribution is 2.27. The van der Waals surface area contributed by atoms with Crippen molar-refractivity contribution in [3.8, 4) is 0 Å². The molecule has 0 bridgehead atoms. The minimum Gasteiger partial charge on any atom is -0.392 e. The molecule has 1 aliphatic rings. The molecule has 0 aliphatic heterocycles. The SMILES string of the molecule is C=CCC(=O)CC(O)C1CCCCC1. The second-order valence-electron chi connectivity index (χ2n) is 4.20. The first-order valence-electron chi connectivity index (χ1n) is 5.54. The van der Waals surface area contributed by atoms with Crippen molar-refractivity contribution in [3.63, 3.8) is 0 Å². The van der Waals surface area contributed by atoms with Gasteiger partial charge in [-0.3, -0.25) is 4.79 Å². The van der Waals surface area contributed by atoms with E-state index in [0.717, 1.165) is 12.8 Å². The first-order valence-corrected chi connectivity index (χ1v) is 5.54. The summed E-state index contributed by atoms with van der Waals surface area (Å²) in [5, 5.41) is 9.82. The fourth-order valence-corrected chi connectivity index (χ4v) is 2.16. The van der Waals surface area contributed by atoms with Crippen LogP contribution in [0.3, 0.4) is 0 Å². The minimum atomic E-state index is -0.414. The second kappa shape index (κ2) is 5.97. The fourth-order valence-electron chi connectivity index (χ4n) is 2.16. The zero-order valence-corrected chi connectivity index (χ0v) is 8.74. The molecule has 0 radical (unpaired) electrons. The number of aliphatic hydroxyl groups is 1. The van der Waals surface area contributed by atoms with Crippen LogP contribution in [0.4, 0.5) is 0 Å². The van der Waals surface area contributed by atoms with Gasteiger partial charge in [0.25, 0.3) is 0 Å². The van der Waals surface area contributed by atoms with E-state index in [2.05, 4.69) is 6.58 Å². The van der Waals surface area contributed by atoms with Crippen LogP contribution in [-0.2, 0) is 4.79 Å². The van der Waals surface area contributed by atoms with Gasteiger partial charge in [-0.2, -0.15) is 0 Å². The molecule has 0 aromatic heterocycles. The van der Waals surface area contributed by atoms with Crippen molar-refractivity contribution in [2.75, 3.05) is 0 Å². The van der Waals surface area contributed by atoms with Gasteiger partial charge in [0.05, 0.1) is 6.10 Å².